The van der Waals surface area contributed by atoms with Crippen molar-refractivity contribution in [1.82, 2.24) is 0 Å². The van der Waals surface area contributed by atoms with Crippen LogP contribution in [-0.4, -0.2) is 25.0 Å². The Labute approximate surface area is 114 Å². The maximum atomic E-state index is 12.7. The molecule has 0 spiro atoms. The van der Waals surface area contributed by atoms with Crippen LogP contribution < -0.4 is 16.4 Å². The van der Waals surface area contributed by atoms with Crippen molar-refractivity contribution in [2.75, 3.05) is 18.0 Å². The second kappa shape index (κ2) is 5.32. The molecular formula is C13H16F3N3O. The molecule has 0 aliphatic carbocycles. The Bertz CT molecular complexity index is 516. The minimum absolute atomic E-state index is 0.0493. The molecule has 1 saturated heterocycles. The molecule has 1 aliphatic heterocycles. The molecular weight excluding hydrogens is 271 g/mol. The molecule has 20 heavy (non-hydrogen) atoms. The van der Waals surface area contributed by atoms with E-state index in [1.54, 1.807) is 0 Å². The zero-order valence-corrected chi connectivity index (χ0v) is 10.8. The molecule has 4 N–H and O–H groups in total. The highest BCUT2D eigenvalue weighted by Gasteiger charge is 2.32. The third kappa shape index (κ3) is 3.04. The molecule has 1 aromatic carbocycles. The summed E-state index contributed by atoms with van der Waals surface area (Å²) in [5, 5.41) is 0. The highest BCUT2D eigenvalue weighted by molar-refractivity contribution is 5.99. The molecule has 2 rings (SSSR count). The van der Waals surface area contributed by atoms with Crippen molar-refractivity contribution in [1.29, 1.82) is 0 Å². The molecule has 7 heteroatoms. The predicted molar refractivity (Wildman–Crippen MR) is 69.4 cm³/mol. The SMILES string of the molecule is NC(=O)c1cc(C(F)(F)F)ccc1N1CCC[C@@H](N)C1. The largest absolute Gasteiger partial charge is 0.416 e. The first-order valence-corrected chi connectivity index (χ1v) is 6.30. The van der Waals surface area contributed by atoms with E-state index in [4.69, 9.17) is 11.5 Å². The van der Waals surface area contributed by atoms with Gasteiger partial charge in [-0.25, -0.2) is 0 Å². The molecule has 1 amide bonds. The van der Waals surface area contributed by atoms with Crippen LogP contribution in [0.1, 0.15) is 28.8 Å². The number of benzene rings is 1. The lowest BCUT2D eigenvalue weighted by Crippen LogP contribution is -2.43. The zero-order chi connectivity index (χ0) is 14.9. The topological polar surface area (TPSA) is 72.4 Å². The van der Waals surface area contributed by atoms with Crippen molar-refractivity contribution in [3.05, 3.63) is 29.3 Å². The maximum absolute atomic E-state index is 12.7. The third-order valence-corrected chi connectivity index (χ3v) is 3.39. The number of carbonyl (C=O) groups is 1. The lowest BCUT2D eigenvalue weighted by Gasteiger charge is -2.33. The van der Waals surface area contributed by atoms with Gasteiger partial charge >= 0.3 is 6.18 Å². The highest BCUT2D eigenvalue weighted by Crippen LogP contribution is 2.33. The second-order valence-electron chi connectivity index (χ2n) is 4.94. The number of rotatable bonds is 2. The number of hydrogen-bond donors (Lipinski definition) is 2. The van der Waals surface area contributed by atoms with Gasteiger partial charge in [0.1, 0.15) is 0 Å². The number of carbonyl (C=O) groups excluding carboxylic acids is 1. The number of alkyl halides is 3. The summed E-state index contributed by atoms with van der Waals surface area (Å²) in [7, 11) is 0. The molecule has 110 valence electrons. The molecule has 4 nitrogen and oxygen atoms in total. The number of amides is 1. The van der Waals surface area contributed by atoms with Crippen LogP contribution in [0.5, 0.6) is 0 Å². The summed E-state index contributed by atoms with van der Waals surface area (Å²) < 4.78 is 38.0. The van der Waals surface area contributed by atoms with E-state index >= 15 is 0 Å². The number of hydrogen-bond acceptors (Lipinski definition) is 3. The molecule has 1 heterocycles. The van der Waals surface area contributed by atoms with Crippen LogP contribution in [0.4, 0.5) is 18.9 Å². The molecule has 0 unspecified atom stereocenters. The van der Waals surface area contributed by atoms with Crippen molar-refractivity contribution in [3.8, 4) is 0 Å². The molecule has 0 saturated carbocycles. The van der Waals surface area contributed by atoms with Gasteiger partial charge in [-0.3, -0.25) is 4.79 Å². The highest BCUT2D eigenvalue weighted by atomic mass is 19.4. The van der Waals surface area contributed by atoms with Crippen molar-refractivity contribution in [3.63, 3.8) is 0 Å². The van der Waals surface area contributed by atoms with E-state index in [0.717, 1.165) is 25.0 Å². The zero-order valence-electron chi connectivity index (χ0n) is 10.8. The fraction of sp³-hybridized carbons (Fsp3) is 0.462. The van der Waals surface area contributed by atoms with Crippen LogP contribution in [0.15, 0.2) is 18.2 Å². The van der Waals surface area contributed by atoms with Crippen LogP contribution in [-0.2, 0) is 6.18 Å². The van der Waals surface area contributed by atoms with Gasteiger partial charge < -0.3 is 16.4 Å². The van der Waals surface area contributed by atoms with Gasteiger partial charge in [0.15, 0.2) is 0 Å². The molecule has 0 radical (unpaired) electrons. The van der Waals surface area contributed by atoms with Crippen LogP contribution in [0, 0.1) is 0 Å². The van der Waals surface area contributed by atoms with Crippen LogP contribution in [0.2, 0.25) is 0 Å². The van der Waals surface area contributed by atoms with Gasteiger partial charge in [0.25, 0.3) is 5.91 Å². The monoisotopic (exact) mass is 287 g/mol. The average molecular weight is 287 g/mol. The van der Waals surface area contributed by atoms with E-state index in [-0.39, 0.29) is 11.6 Å². The summed E-state index contributed by atoms with van der Waals surface area (Å²) in [4.78, 5) is 13.2. The normalized spacial score (nSPS) is 20.0. The first kappa shape index (κ1) is 14.6. The van der Waals surface area contributed by atoms with Gasteiger partial charge in [0.05, 0.1) is 11.1 Å². The fourth-order valence-electron chi connectivity index (χ4n) is 2.41. The Hall–Kier alpha value is -1.76. The van der Waals surface area contributed by atoms with Crippen molar-refractivity contribution in [2.45, 2.75) is 25.1 Å². The molecule has 1 atom stereocenters. The Morgan fingerprint density at radius 1 is 1.35 bits per heavy atom. The number of primary amides is 1. The van der Waals surface area contributed by atoms with E-state index in [2.05, 4.69) is 0 Å². The van der Waals surface area contributed by atoms with E-state index in [1.807, 2.05) is 4.90 Å². The number of nitrogens with two attached hydrogens (primary N) is 2. The van der Waals surface area contributed by atoms with Gasteiger partial charge in [-0.2, -0.15) is 13.2 Å². The first-order chi connectivity index (χ1) is 9.29. The first-order valence-electron chi connectivity index (χ1n) is 6.30. The standard InChI is InChI=1S/C13H16F3N3O/c14-13(15,16)8-3-4-11(10(6-8)12(18)20)19-5-1-2-9(17)7-19/h3-4,6,9H,1-2,5,7,17H2,(H2,18,20)/t9-/m1/s1. The molecule has 1 fully saturated rings. The third-order valence-electron chi connectivity index (χ3n) is 3.39. The summed E-state index contributed by atoms with van der Waals surface area (Å²) in [6, 6.07) is 3.01. The van der Waals surface area contributed by atoms with E-state index in [0.29, 0.717) is 18.8 Å². The van der Waals surface area contributed by atoms with E-state index < -0.39 is 17.6 Å². The average Bonchev–Trinajstić information content (AvgIpc) is 2.37. The van der Waals surface area contributed by atoms with E-state index in [9.17, 15) is 18.0 Å². The summed E-state index contributed by atoms with van der Waals surface area (Å²) in [5.74, 6) is -0.870. The lowest BCUT2D eigenvalue weighted by molar-refractivity contribution is -0.137. The number of nitrogens with zero attached hydrogens (tertiary/aromatic N) is 1. The van der Waals surface area contributed by atoms with Crippen molar-refractivity contribution >= 4 is 11.6 Å². The van der Waals surface area contributed by atoms with E-state index in [1.165, 1.54) is 6.07 Å². The van der Waals surface area contributed by atoms with Gasteiger partial charge in [0, 0.05) is 24.8 Å². The lowest BCUT2D eigenvalue weighted by atomic mass is 10.0. The minimum Gasteiger partial charge on any atom is -0.369 e. The van der Waals surface area contributed by atoms with Crippen LogP contribution in [0.3, 0.4) is 0 Å². The minimum atomic E-state index is -4.50. The number of halogens is 3. The number of anilines is 1. The summed E-state index contributed by atoms with van der Waals surface area (Å²) in [6.07, 6.45) is -2.80. The quantitative estimate of drug-likeness (QED) is 0.870. The van der Waals surface area contributed by atoms with Crippen LogP contribution >= 0.6 is 0 Å². The molecule has 1 aromatic rings. The van der Waals surface area contributed by atoms with Crippen molar-refractivity contribution in [2.24, 2.45) is 11.5 Å². The van der Waals surface area contributed by atoms with Crippen molar-refractivity contribution < 1.29 is 18.0 Å². The summed E-state index contributed by atoms with van der Waals surface area (Å²) in [5.41, 5.74) is 10.5. The Kier molecular flexibility index (Phi) is 3.89. The Morgan fingerprint density at radius 2 is 2.05 bits per heavy atom. The predicted octanol–water partition coefficient (Wildman–Crippen LogP) is 1.73. The summed E-state index contributed by atoms with van der Waals surface area (Å²) in [6.45, 7) is 1.16. The molecule has 1 aliphatic rings. The maximum Gasteiger partial charge on any atom is 0.416 e. The van der Waals surface area contributed by atoms with Gasteiger partial charge in [-0.1, -0.05) is 0 Å². The van der Waals surface area contributed by atoms with Gasteiger partial charge in [0.2, 0.25) is 0 Å². The smallest absolute Gasteiger partial charge is 0.369 e. The van der Waals surface area contributed by atoms with Gasteiger partial charge in [-0.15, -0.1) is 0 Å². The van der Waals surface area contributed by atoms with Crippen LogP contribution in [0.25, 0.3) is 0 Å². The Morgan fingerprint density at radius 3 is 2.60 bits per heavy atom. The second-order valence-corrected chi connectivity index (χ2v) is 4.94. The Balaban J connectivity index is 2.40. The molecule has 0 aromatic heterocycles. The number of piperidine rings is 1. The van der Waals surface area contributed by atoms with Gasteiger partial charge in [-0.05, 0) is 31.0 Å². The summed E-state index contributed by atoms with van der Waals surface area (Å²) >= 11 is 0. The fourth-order valence-corrected chi connectivity index (χ4v) is 2.41. The molecule has 0 bridgehead atoms.